The van der Waals surface area contributed by atoms with E-state index in [9.17, 15) is 9.59 Å². The monoisotopic (exact) mass is 302 g/mol. The van der Waals surface area contributed by atoms with Gasteiger partial charge >= 0.3 is 6.09 Å². The number of nitrogens with zero attached hydrogens (tertiary/aromatic N) is 1. The summed E-state index contributed by atoms with van der Waals surface area (Å²) < 4.78 is 5.43. The third-order valence-corrected chi connectivity index (χ3v) is 4.57. The number of fused-ring (bicyclic) bond motifs is 1. The molecule has 1 aromatic rings. The number of rotatable bonds is 4. The van der Waals surface area contributed by atoms with E-state index in [1.165, 1.54) is 0 Å². The maximum Gasteiger partial charge on any atom is 0.410 e. The highest BCUT2D eigenvalue weighted by atomic mass is 16.6. The van der Waals surface area contributed by atoms with Crippen molar-refractivity contribution in [3.63, 3.8) is 0 Å². The van der Waals surface area contributed by atoms with Crippen LogP contribution >= 0.6 is 0 Å². The molecule has 2 saturated heterocycles. The van der Waals surface area contributed by atoms with Crippen LogP contribution in [0, 0.1) is 5.92 Å². The molecular weight excluding hydrogens is 280 g/mol. The number of likely N-dealkylation sites (tertiary alicyclic amines) is 1. The molecule has 0 aliphatic carbocycles. The lowest BCUT2D eigenvalue weighted by Gasteiger charge is -2.26. The summed E-state index contributed by atoms with van der Waals surface area (Å²) in [6, 6.07) is 9.68. The molecule has 0 aromatic heterocycles. The molecule has 5 nitrogen and oxygen atoms in total. The molecule has 2 fully saturated rings. The molecule has 3 rings (SSSR count). The Morgan fingerprint density at radius 1 is 1.36 bits per heavy atom. The van der Waals surface area contributed by atoms with Crippen molar-refractivity contribution in [3.05, 3.63) is 35.9 Å². The van der Waals surface area contributed by atoms with Gasteiger partial charge in [-0.1, -0.05) is 43.7 Å². The molecule has 0 bridgehead atoms. The van der Waals surface area contributed by atoms with E-state index in [1.54, 1.807) is 4.90 Å². The molecule has 0 unspecified atom stereocenters. The number of ether oxygens (including phenoxy) is 1. The average molecular weight is 302 g/mol. The molecule has 2 aliphatic rings. The molecule has 3 atom stereocenters. The lowest BCUT2D eigenvalue weighted by Crippen LogP contribution is -2.42. The zero-order valence-electron chi connectivity index (χ0n) is 12.8. The molecule has 2 heterocycles. The third-order valence-electron chi connectivity index (χ3n) is 4.57. The summed E-state index contributed by atoms with van der Waals surface area (Å²) in [6.45, 7) is 2.99. The van der Waals surface area contributed by atoms with Crippen molar-refractivity contribution < 1.29 is 14.3 Å². The van der Waals surface area contributed by atoms with Gasteiger partial charge < -0.3 is 15.0 Å². The highest BCUT2D eigenvalue weighted by Crippen LogP contribution is 2.33. The van der Waals surface area contributed by atoms with Gasteiger partial charge in [0.15, 0.2) is 0 Å². The number of hydrogen-bond acceptors (Lipinski definition) is 3. The van der Waals surface area contributed by atoms with Crippen molar-refractivity contribution in [2.75, 3.05) is 6.54 Å². The Kier molecular flexibility index (Phi) is 4.32. The molecule has 118 valence electrons. The Bertz CT molecular complexity index is 546. The Labute approximate surface area is 130 Å². The minimum Gasteiger partial charge on any atom is -0.445 e. The highest BCUT2D eigenvalue weighted by Gasteiger charge is 2.50. The van der Waals surface area contributed by atoms with Crippen LogP contribution in [-0.2, 0) is 16.1 Å². The number of nitrogens with one attached hydrogen (secondary N) is 1. The highest BCUT2D eigenvalue weighted by molar-refractivity contribution is 5.84. The average Bonchev–Trinajstić information content (AvgIpc) is 3.06. The van der Waals surface area contributed by atoms with Crippen molar-refractivity contribution in [3.8, 4) is 0 Å². The van der Waals surface area contributed by atoms with Gasteiger partial charge in [-0.05, 0) is 18.4 Å². The van der Waals surface area contributed by atoms with E-state index in [0.29, 0.717) is 6.54 Å². The standard InChI is InChI=1S/C17H22N2O3/c1-2-6-13-15-14(18-16(13)20)9-10-19(15)17(21)22-11-12-7-4-3-5-8-12/h3-5,7-8,13-15H,2,6,9-11H2,1H3,(H,18,20)/t13-,14+,15-/m0/s1. The van der Waals surface area contributed by atoms with Crippen molar-refractivity contribution >= 4 is 12.0 Å². The molecule has 2 aliphatic heterocycles. The molecule has 22 heavy (non-hydrogen) atoms. The summed E-state index contributed by atoms with van der Waals surface area (Å²) in [7, 11) is 0. The van der Waals surface area contributed by atoms with E-state index in [4.69, 9.17) is 4.74 Å². The number of hydrogen-bond donors (Lipinski definition) is 1. The van der Waals surface area contributed by atoms with E-state index < -0.39 is 0 Å². The number of amides is 2. The van der Waals surface area contributed by atoms with Gasteiger partial charge in [-0.2, -0.15) is 0 Å². The lowest BCUT2D eigenvalue weighted by molar-refractivity contribution is -0.123. The molecule has 0 saturated carbocycles. The summed E-state index contributed by atoms with van der Waals surface area (Å²) in [4.78, 5) is 26.2. The Balaban J connectivity index is 1.64. The van der Waals surface area contributed by atoms with Crippen LogP contribution in [0.1, 0.15) is 31.7 Å². The number of carbonyl (C=O) groups is 2. The Morgan fingerprint density at radius 3 is 2.86 bits per heavy atom. The predicted octanol–water partition coefficient (Wildman–Crippen LogP) is 2.31. The summed E-state index contributed by atoms with van der Waals surface area (Å²) in [5, 5.41) is 3.02. The first-order valence-electron chi connectivity index (χ1n) is 7.98. The van der Waals surface area contributed by atoms with Crippen molar-refractivity contribution in [1.29, 1.82) is 0 Å². The second kappa shape index (κ2) is 6.38. The Morgan fingerprint density at radius 2 is 2.14 bits per heavy atom. The quantitative estimate of drug-likeness (QED) is 0.928. The number of carbonyl (C=O) groups excluding carboxylic acids is 2. The lowest BCUT2D eigenvalue weighted by atomic mass is 9.94. The second-order valence-corrected chi connectivity index (χ2v) is 6.02. The number of benzene rings is 1. The first kappa shape index (κ1) is 14.9. The zero-order valence-corrected chi connectivity index (χ0v) is 12.8. The van der Waals surface area contributed by atoms with Crippen LogP contribution in [0.2, 0.25) is 0 Å². The van der Waals surface area contributed by atoms with Gasteiger partial charge in [0.25, 0.3) is 0 Å². The first-order valence-corrected chi connectivity index (χ1v) is 7.98. The maximum atomic E-state index is 12.4. The fourth-order valence-electron chi connectivity index (χ4n) is 3.54. The fraction of sp³-hybridized carbons (Fsp3) is 0.529. The molecule has 2 amide bonds. The van der Waals surface area contributed by atoms with E-state index in [1.807, 2.05) is 30.3 Å². The van der Waals surface area contributed by atoms with Gasteiger partial charge in [-0.3, -0.25) is 4.79 Å². The smallest absolute Gasteiger partial charge is 0.410 e. The van der Waals surface area contributed by atoms with Crippen molar-refractivity contribution in [2.45, 2.75) is 44.9 Å². The van der Waals surface area contributed by atoms with E-state index >= 15 is 0 Å². The molecule has 5 heteroatoms. The summed E-state index contributed by atoms with van der Waals surface area (Å²) in [5.74, 6) is -0.0146. The van der Waals surface area contributed by atoms with Crippen LogP contribution in [0.5, 0.6) is 0 Å². The second-order valence-electron chi connectivity index (χ2n) is 6.02. The molecular formula is C17H22N2O3. The molecule has 0 radical (unpaired) electrons. The SMILES string of the molecule is CCC[C@@H]1C(=O)N[C@@H]2CCN(C(=O)OCc3ccccc3)[C@@H]12. The van der Waals surface area contributed by atoms with E-state index in [0.717, 1.165) is 24.8 Å². The molecule has 1 N–H and O–H groups in total. The van der Waals surface area contributed by atoms with E-state index in [2.05, 4.69) is 12.2 Å². The van der Waals surface area contributed by atoms with Crippen LogP contribution in [0.4, 0.5) is 4.79 Å². The van der Waals surface area contributed by atoms with Gasteiger partial charge in [-0.15, -0.1) is 0 Å². The molecule has 0 spiro atoms. The largest absolute Gasteiger partial charge is 0.445 e. The van der Waals surface area contributed by atoms with Crippen LogP contribution in [0.3, 0.4) is 0 Å². The van der Waals surface area contributed by atoms with Gasteiger partial charge in [0.2, 0.25) is 5.91 Å². The van der Waals surface area contributed by atoms with Gasteiger partial charge in [-0.25, -0.2) is 4.79 Å². The minimum absolute atomic E-state index is 0.0456. The Hall–Kier alpha value is -2.04. The summed E-state index contributed by atoms with van der Waals surface area (Å²) in [5.41, 5.74) is 0.970. The summed E-state index contributed by atoms with van der Waals surface area (Å²) >= 11 is 0. The third kappa shape index (κ3) is 2.80. The first-order chi connectivity index (χ1) is 10.7. The van der Waals surface area contributed by atoms with Crippen LogP contribution in [0.15, 0.2) is 30.3 Å². The maximum absolute atomic E-state index is 12.4. The van der Waals surface area contributed by atoms with Crippen LogP contribution < -0.4 is 5.32 Å². The molecule has 1 aromatic carbocycles. The summed E-state index contributed by atoms with van der Waals surface area (Å²) in [6.07, 6.45) is 2.26. The zero-order chi connectivity index (χ0) is 15.5. The van der Waals surface area contributed by atoms with Crippen molar-refractivity contribution in [2.24, 2.45) is 5.92 Å². The van der Waals surface area contributed by atoms with Gasteiger partial charge in [0.1, 0.15) is 6.61 Å². The van der Waals surface area contributed by atoms with Crippen molar-refractivity contribution in [1.82, 2.24) is 10.2 Å². The van der Waals surface area contributed by atoms with Crippen LogP contribution in [-0.4, -0.2) is 35.5 Å². The van der Waals surface area contributed by atoms with E-state index in [-0.39, 0.29) is 36.6 Å². The minimum atomic E-state index is -0.311. The van der Waals surface area contributed by atoms with Gasteiger partial charge in [0, 0.05) is 6.54 Å². The normalized spacial score (nSPS) is 26.7. The predicted molar refractivity (Wildman–Crippen MR) is 82.1 cm³/mol. The fourth-order valence-corrected chi connectivity index (χ4v) is 3.54. The van der Waals surface area contributed by atoms with Crippen LogP contribution in [0.25, 0.3) is 0 Å². The van der Waals surface area contributed by atoms with Gasteiger partial charge in [0.05, 0.1) is 18.0 Å². The topological polar surface area (TPSA) is 58.6 Å².